The second-order valence-electron chi connectivity index (χ2n) is 5.58. The average molecular weight is 359 g/mol. The lowest BCUT2D eigenvalue weighted by Gasteiger charge is -2.42. The van der Waals surface area contributed by atoms with Gasteiger partial charge in [0, 0.05) is 19.1 Å². The van der Waals surface area contributed by atoms with Crippen LogP contribution in [0.15, 0.2) is 24.0 Å². The number of nitrogens with one attached hydrogen (secondary N) is 1. The Morgan fingerprint density at radius 3 is 2.52 bits per heavy atom. The van der Waals surface area contributed by atoms with E-state index in [2.05, 4.69) is 11.9 Å². The summed E-state index contributed by atoms with van der Waals surface area (Å²) >= 11 is 0. The molecule has 9 nitrogen and oxygen atoms in total. The summed E-state index contributed by atoms with van der Waals surface area (Å²) in [5.41, 5.74) is 0.255. The minimum Gasteiger partial charge on any atom is -0.478 e. The first-order chi connectivity index (χ1) is 11.8. The number of allylic oxidation sites excluding steroid dienone is 1. The lowest BCUT2D eigenvalue weighted by Crippen LogP contribution is -2.61. The zero-order valence-electron chi connectivity index (χ0n) is 14.2. The van der Waals surface area contributed by atoms with Gasteiger partial charge >= 0.3 is 5.97 Å². The lowest BCUT2D eigenvalue weighted by molar-refractivity contribution is -0.153. The SMILES string of the molecule is C=CCC1=C(C(=O)O)O[C@@H]([C@H](O)[C@H](O)CO)[C@H](NC(C)=O)[C@H]1OCC. The molecule has 0 saturated heterocycles. The minimum absolute atomic E-state index is 0.133. The van der Waals surface area contributed by atoms with Gasteiger partial charge in [-0.1, -0.05) is 6.08 Å². The minimum atomic E-state index is -1.65. The van der Waals surface area contributed by atoms with E-state index in [-0.39, 0.29) is 18.6 Å². The van der Waals surface area contributed by atoms with Crippen molar-refractivity contribution >= 4 is 11.9 Å². The fourth-order valence-electron chi connectivity index (χ4n) is 2.74. The molecule has 142 valence electrons. The predicted octanol–water partition coefficient (Wildman–Crippen LogP) is -1.08. The number of carbonyl (C=O) groups is 2. The smallest absolute Gasteiger partial charge is 0.371 e. The molecule has 1 aliphatic heterocycles. The van der Waals surface area contributed by atoms with Crippen LogP contribution < -0.4 is 5.32 Å². The lowest BCUT2D eigenvalue weighted by atomic mass is 9.87. The van der Waals surface area contributed by atoms with Crippen LogP contribution in [-0.4, -0.2) is 76.0 Å². The molecule has 0 spiro atoms. The molecule has 0 saturated carbocycles. The number of aliphatic carboxylic acids is 1. The Hall–Kier alpha value is -1.94. The van der Waals surface area contributed by atoms with Crippen molar-refractivity contribution in [3.63, 3.8) is 0 Å². The highest BCUT2D eigenvalue weighted by atomic mass is 16.5. The highest BCUT2D eigenvalue weighted by Crippen LogP contribution is 2.32. The van der Waals surface area contributed by atoms with Crippen molar-refractivity contribution < 1.29 is 39.5 Å². The summed E-state index contributed by atoms with van der Waals surface area (Å²) in [6.07, 6.45) is -3.87. The van der Waals surface area contributed by atoms with Crippen LogP contribution in [0.4, 0.5) is 0 Å². The topological polar surface area (TPSA) is 146 Å². The summed E-state index contributed by atoms with van der Waals surface area (Å²) in [5, 5.41) is 41.0. The molecular weight excluding hydrogens is 334 g/mol. The zero-order chi connectivity index (χ0) is 19.1. The molecule has 9 heteroatoms. The number of hydrogen-bond donors (Lipinski definition) is 5. The van der Waals surface area contributed by atoms with Crippen LogP contribution in [0.3, 0.4) is 0 Å². The van der Waals surface area contributed by atoms with Crippen LogP contribution in [0.2, 0.25) is 0 Å². The Balaban J connectivity index is 3.43. The molecule has 0 aromatic rings. The normalized spacial score (nSPS) is 25.7. The number of carbonyl (C=O) groups excluding carboxylic acids is 1. The fraction of sp³-hybridized carbons (Fsp3) is 0.625. The number of carboxylic acid groups (broad SMARTS) is 1. The van der Waals surface area contributed by atoms with E-state index >= 15 is 0 Å². The van der Waals surface area contributed by atoms with Crippen molar-refractivity contribution in [2.75, 3.05) is 13.2 Å². The van der Waals surface area contributed by atoms with Crippen molar-refractivity contribution in [2.24, 2.45) is 0 Å². The highest BCUT2D eigenvalue weighted by Gasteiger charge is 2.47. The first-order valence-corrected chi connectivity index (χ1v) is 7.87. The zero-order valence-corrected chi connectivity index (χ0v) is 14.2. The predicted molar refractivity (Wildman–Crippen MR) is 86.5 cm³/mol. The molecule has 0 bridgehead atoms. The van der Waals surface area contributed by atoms with Gasteiger partial charge in [-0.3, -0.25) is 4.79 Å². The summed E-state index contributed by atoms with van der Waals surface area (Å²) in [7, 11) is 0. The van der Waals surface area contributed by atoms with Crippen LogP contribution in [0.25, 0.3) is 0 Å². The van der Waals surface area contributed by atoms with Crippen LogP contribution in [-0.2, 0) is 19.1 Å². The maximum Gasteiger partial charge on any atom is 0.371 e. The van der Waals surface area contributed by atoms with E-state index in [1.807, 2.05) is 0 Å². The Morgan fingerprint density at radius 2 is 2.08 bits per heavy atom. The second kappa shape index (κ2) is 9.52. The third kappa shape index (κ3) is 5.02. The maximum atomic E-state index is 11.6. The molecular formula is C16H25NO8. The third-order valence-corrected chi connectivity index (χ3v) is 3.76. The molecule has 1 amide bonds. The monoisotopic (exact) mass is 359 g/mol. The van der Waals surface area contributed by atoms with Crippen LogP contribution in [0.1, 0.15) is 20.3 Å². The maximum absolute atomic E-state index is 11.6. The van der Waals surface area contributed by atoms with Crippen LogP contribution in [0.5, 0.6) is 0 Å². The van der Waals surface area contributed by atoms with Gasteiger partial charge < -0.3 is 35.2 Å². The summed E-state index contributed by atoms with van der Waals surface area (Å²) < 4.78 is 11.0. The standard InChI is InChI=1S/C16H25NO8/c1-4-6-9-13(24-5-2)11(17-8(3)19)15(12(21)10(20)7-18)25-14(9)16(22)23/h4,10-13,15,18,20-21H,1,5-7H2,2-3H3,(H,17,19)(H,22,23)/t10-,11-,12-,13+,15-/m1/s1. The number of rotatable bonds is 9. The Bertz CT molecular complexity index is 532. The second-order valence-corrected chi connectivity index (χ2v) is 5.58. The molecule has 5 atom stereocenters. The van der Waals surface area contributed by atoms with Crippen LogP contribution >= 0.6 is 0 Å². The largest absolute Gasteiger partial charge is 0.478 e. The number of hydrogen-bond acceptors (Lipinski definition) is 7. The van der Waals surface area contributed by atoms with Gasteiger partial charge in [0.1, 0.15) is 18.3 Å². The number of amides is 1. The van der Waals surface area contributed by atoms with E-state index in [1.54, 1.807) is 6.92 Å². The van der Waals surface area contributed by atoms with Gasteiger partial charge in [-0.15, -0.1) is 6.58 Å². The van der Waals surface area contributed by atoms with Crippen molar-refractivity contribution in [3.8, 4) is 0 Å². The molecule has 0 radical (unpaired) electrons. The van der Waals surface area contributed by atoms with Gasteiger partial charge in [0.25, 0.3) is 0 Å². The van der Waals surface area contributed by atoms with E-state index < -0.39 is 54.7 Å². The molecule has 5 N–H and O–H groups in total. The first-order valence-electron chi connectivity index (χ1n) is 7.87. The molecule has 25 heavy (non-hydrogen) atoms. The van der Waals surface area contributed by atoms with Crippen molar-refractivity contribution in [1.82, 2.24) is 5.32 Å². The van der Waals surface area contributed by atoms with E-state index in [0.29, 0.717) is 0 Å². The van der Waals surface area contributed by atoms with E-state index in [9.17, 15) is 24.9 Å². The van der Waals surface area contributed by atoms with Gasteiger partial charge in [-0.2, -0.15) is 0 Å². The summed E-state index contributed by atoms with van der Waals surface area (Å²) in [6, 6.07) is -0.966. The number of aliphatic hydroxyl groups excluding tert-OH is 3. The van der Waals surface area contributed by atoms with Gasteiger partial charge in [-0.05, 0) is 13.3 Å². The number of aliphatic hydroxyl groups is 3. The Kier molecular flexibility index (Phi) is 8.04. The molecule has 1 rings (SSSR count). The molecule has 0 fully saturated rings. The highest BCUT2D eigenvalue weighted by molar-refractivity contribution is 5.86. The molecule has 1 heterocycles. The summed E-state index contributed by atoms with van der Waals surface area (Å²) in [4.78, 5) is 23.2. The molecule has 0 unspecified atom stereocenters. The number of carboxylic acids is 1. The fourth-order valence-corrected chi connectivity index (χ4v) is 2.74. The number of ether oxygens (including phenoxy) is 2. The average Bonchev–Trinajstić information content (AvgIpc) is 2.55. The van der Waals surface area contributed by atoms with Crippen molar-refractivity contribution in [3.05, 3.63) is 24.0 Å². The summed E-state index contributed by atoms with van der Waals surface area (Å²) in [6.45, 7) is 5.96. The quantitative estimate of drug-likeness (QED) is 0.327. The Morgan fingerprint density at radius 1 is 1.44 bits per heavy atom. The van der Waals surface area contributed by atoms with Crippen molar-refractivity contribution in [1.29, 1.82) is 0 Å². The van der Waals surface area contributed by atoms with Gasteiger partial charge in [0.2, 0.25) is 11.7 Å². The van der Waals surface area contributed by atoms with Crippen molar-refractivity contribution in [2.45, 2.75) is 50.7 Å². The van der Waals surface area contributed by atoms with E-state index in [4.69, 9.17) is 14.6 Å². The summed E-state index contributed by atoms with van der Waals surface area (Å²) in [5.74, 6) is -2.27. The van der Waals surface area contributed by atoms with E-state index in [0.717, 1.165) is 0 Å². The van der Waals surface area contributed by atoms with E-state index in [1.165, 1.54) is 13.0 Å². The van der Waals surface area contributed by atoms with Crippen LogP contribution in [0, 0.1) is 0 Å². The van der Waals surface area contributed by atoms with Gasteiger partial charge in [-0.25, -0.2) is 4.79 Å². The molecule has 0 aliphatic carbocycles. The first kappa shape index (κ1) is 21.1. The van der Waals surface area contributed by atoms with Gasteiger partial charge in [0.15, 0.2) is 6.10 Å². The molecule has 0 aromatic carbocycles. The molecule has 1 aliphatic rings. The Labute approximate surface area is 145 Å². The van der Waals surface area contributed by atoms with Gasteiger partial charge in [0.05, 0.1) is 12.6 Å². The molecule has 0 aromatic heterocycles. The third-order valence-electron chi connectivity index (χ3n) is 3.76.